The molecule has 0 amide bonds. The molecule has 0 fully saturated rings. The van der Waals surface area contributed by atoms with Crippen molar-refractivity contribution in [3.05, 3.63) is 47.3 Å². The lowest BCUT2D eigenvalue weighted by Gasteiger charge is -2.14. The van der Waals surface area contributed by atoms with Crippen LogP contribution in [0.25, 0.3) is 0 Å². The Kier molecular flexibility index (Phi) is 4.34. The van der Waals surface area contributed by atoms with Crippen LogP contribution in [-0.4, -0.2) is 22.0 Å². The molecule has 2 aromatic rings. The number of hydrogen-bond donors (Lipinski definition) is 1. The number of hydrogen-bond acceptors (Lipinski definition) is 3. The van der Waals surface area contributed by atoms with E-state index in [-0.39, 0.29) is 6.42 Å². The molecule has 0 spiro atoms. The largest absolute Gasteiger partial charge is 0.493 e. The number of halogens is 2. The minimum atomic E-state index is -0.950. The van der Waals surface area contributed by atoms with Gasteiger partial charge < -0.3 is 9.84 Å². The van der Waals surface area contributed by atoms with Crippen molar-refractivity contribution >= 4 is 0 Å². The molecule has 0 aliphatic rings. The first-order valence-corrected chi connectivity index (χ1v) is 6.27. The molecule has 20 heavy (non-hydrogen) atoms. The highest BCUT2D eigenvalue weighted by Crippen LogP contribution is 2.27. The lowest BCUT2D eigenvalue weighted by molar-refractivity contribution is 0.162. The summed E-state index contributed by atoms with van der Waals surface area (Å²) in [5.41, 5.74) is 0.876. The number of aryl methyl sites for hydroxylation is 1. The zero-order valence-electron chi connectivity index (χ0n) is 11.3. The van der Waals surface area contributed by atoms with Crippen molar-refractivity contribution in [1.82, 2.24) is 9.78 Å². The summed E-state index contributed by atoms with van der Waals surface area (Å²) in [4.78, 5) is 0. The van der Waals surface area contributed by atoms with Crippen LogP contribution in [0.1, 0.15) is 24.3 Å². The average molecular weight is 282 g/mol. The van der Waals surface area contributed by atoms with Crippen molar-refractivity contribution in [2.45, 2.75) is 26.0 Å². The molecule has 0 bridgehead atoms. The number of methoxy groups -OCH3 is 1. The summed E-state index contributed by atoms with van der Waals surface area (Å²) in [5.74, 6) is -0.873. The molecule has 6 heteroatoms. The summed E-state index contributed by atoms with van der Waals surface area (Å²) < 4.78 is 33.0. The fraction of sp³-hybridized carbons (Fsp3) is 0.357. The topological polar surface area (TPSA) is 47.3 Å². The minimum Gasteiger partial charge on any atom is -0.493 e. The molecule has 0 saturated carbocycles. The molecule has 0 aliphatic heterocycles. The molecule has 1 atom stereocenters. The monoisotopic (exact) mass is 282 g/mol. The predicted molar refractivity (Wildman–Crippen MR) is 69.5 cm³/mol. The van der Waals surface area contributed by atoms with E-state index in [9.17, 15) is 13.9 Å². The molecule has 1 aromatic heterocycles. The van der Waals surface area contributed by atoms with Gasteiger partial charge in [0.15, 0.2) is 5.75 Å². The summed E-state index contributed by atoms with van der Waals surface area (Å²) in [6, 6.07) is 3.20. The Hall–Kier alpha value is -1.95. The summed E-state index contributed by atoms with van der Waals surface area (Å²) in [7, 11) is 1.48. The molecule has 0 radical (unpaired) electrons. The van der Waals surface area contributed by atoms with E-state index in [1.165, 1.54) is 25.4 Å². The lowest BCUT2D eigenvalue weighted by atomic mass is 10.0. The number of rotatable bonds is 5. The van der Waals surface area contributed by atoms with E-state index in [1.807, 2.05) is 6.92 Å². The molecule has 108 valence electrons. The maximum atomic E-state index is 13.1. The standard InChI is InChI=1S/C14H16F2N2O2/c1-3-18-14(13(20-2)8-17-18)12(19)6-9-4-10(15)7-11(16)5-9/h4-5,7-8,12,19H,3,6H2,1-2H3. The normalized spacial score (nSPS) is 12.4. The van der Waals surface area contributed by atoms with E-state index in [2.05, 4.69) is 5.10 Å². The highest BCUT2D eigenvalue weighted by molar-refractivity contribution is 5.29. The summed E-state index contributed by atoms with van der Waals surface area (Å²) in [6.45, 7) is 2.44. The van der Waals surface area contributed by atoms with Crippen LogP contribution >= 0.6 is 0 Å². The van der Waals surface area contributed by atoms with Crippen LogP contribution in [-0.2, 0) is 13.0 Å². The van der Waals surface area contributed by atoms with Gasteiger partial charge in [0.25, 0.3) is 0 Å². The zero-order chi connectivity index (χ0) is 14.7. The number of aliphatic hydroxyl groups is 1. The van der Waals surface area contributed by atoms with Crippen LogP contribution in [0, 0.1) is 11.6 Å². The van der Waals surface area contributed by atoms with Crippen LogP contribution in [0.5, 0.6) is 5.75 Å². The molecular formula is C14H16F2N2O2. The molecule has 1 N–H and O–H groups in total. The first-order valence-electron chi connectivity index (χ1n) is 6.27. The Morgan fingerprint density at radius 2 is 1.95 bits per heavy atom. The Morgan fingerprint density at radius 3 is 2.50 bits per heavy atom. The third-order valence-electron chi connectivity index (χ3n) is 3.03. The Balaban J connectivity index is 2.27. The van der Waals surface area contributed by atoms with Gasteiger partial charge >= 0.3 is 0 Å². The summed E-state index contributed by atoms with van der Waals surface area (Å²) >= 11 is 0. The number of benzene rings is 1. The van der Waals surface area contributed by atoms with Crippen LogP contribution in [0.3, 0.4) is 0 Å². The predicted octanol–water partition coefficient (Wildman–Crippen LogP) is 2.47. The van der Waals surface area contributed by atoms with Gasteiger partial charge in [0.05, 0.1) is 13.3 Å². The van der Waals surface area contributed by atoms with Gasteiger partial charge in [0, 0.05) is 19.0 Å². The first-order chi connectivity index (χ1) is 9.55. The van der Waals surface area contributed by atoms with Crippen molar-refractivity contribution in [1.29, 1.82) is 0 Å². The SMILES string of the molecule is CCn1ncc(OC)c1C(O)Cc1cc(F)cc(F)c1. The molecule has 0 aliphatic carbocycles. The van der Waals surface area contributed by atoms with E-state index >= 15 is 0 Å². The van der Waals surface area contributed by atoms with Crippen molar-refractivity contribution < 1.29 is 18.6 Å². The molecule has 4 nitrogen and oxygen atoms in total. The van der Waals surface area contributed by atoms with E-state index < -0.39 is 17.7 Å². The van der Waals surface area contributed by atoms with Gasteiger partial charge in [-0.1, -0.05) is 0 Å². The maximum Gasteiger partial charge on any atom is 0.162 e. The number of nitrogens with zero attached hydrogens (tertiary/aromatic N) is 2. The average Bonchev–Trinajstić information content (AvgIpc) is 2.80. The third-order valence-corrected chi connectivity index (χ3v) is 3.03. The highest BCUT2D eigenvalue weighted by Gasteiger charge is 2.20. The fourth-order valence-electron chi connectivity index (χ4n) is 2.17. The summed E-state index contributed by atoms with van der Waals surface area (Å²) in [5, 5.41) is 14.4. The van der Waals surface area contributed by atoms with Crippen LogP contribution in [0.2, 0.25) is 0 Å². The van der Waals surface area contributed by atoms with Gasteiger partial charge in [-0.3, -0.25) is 4.68 Å². The van der Waals surface area contributed by atoms with Crippen molar-refractivity contribution in [3.63, 3.8) is 0 Å². The zero-order valence-corrected chi connectivity index (χ0v) is 11.3. The van der Waals surface area contributed by atoms with Gasteiger partial charge in [-0.25, -0.2) is 8.78 Å². The van der Waals surface area contributed by atoms with Crippen molar-refractivity contribution in [2.75, 3.05) is 7.11 Å². The van der Waals surface area contributed by atoms with Gasteiger partial charge in [-0.2, -0.15) is 5.10 Å². The fourth-order valence-corrected chi connectivity index (χ4v) is 2.17. The van der Waals surface area contributed by atoms with E-state index in [0.717, 1.165) is 6.07 Å². The van der Waals surface area contributed by atoms with Gasteiger partial charge in [-0.05, 0) is 24.6 Å². The highest BCUT2D eigenvalue weighted by atomic mass is 19.1. The maximum absolute atomic E-state index is 13.1. The second-order valence-corrected chi connectivity index (χ2v) is 4.41. The third kappa shape index (κ3) is 2.96. The van der Waals surface area contributed by atoms with E-state index in [1.54, 1.807) is 4.68 Å². The van der Waals surface area contributed by atoms with Gasteiger partial charge in [0.1, 0.15) is 23.4 Å². The van der Waals surface area contributed by atoms with Gasteiger partial charge in [-0.15, -0.1) is 0 Å². The Labute approximate surface area is 115 Å². The second-order valence-electron chi connectivity index (χ2n) is 4.41. The molecule has 1 aromatic carbocycles. The molecule has 0 saturated heterocycles. The van der Waals surface area contributed by atoms with Crippen molar-refractivity contribution in [3.8, 4) is 5.75 Å². The number of aliphatic hydroxyl groups excluding tert-OH is 1. The number of aromatic nitrogens is 2. The Bertz CT molecular complexity index is 557. The summed E-state index contributed by atoms with van der Waals surface area (Å²) in [6.07, 6.45) is 0.638. The Morgan fingerprint density at radius 1 is 1.30 bits per heavy atom. The smallest absolute Gasteiger partial charge is 0.162 e. The van der Waals surface area contributed by atoms with E-state index in [4.69, 9.17) is 4.74 Å². The molecule has 2 rings (SSSR count). The van der Waals surface area contributed by atoms with E-state index in [0.29, 0.717) is 23.6 Å². The van der Waals surface area contributed by atoms with Crippen LogP contribution in [0.15, 0.2) is 24.4 Å². The molecule has 1 unspecified atom stereocenters. The van der Waals surface area contributed by atoms with Crippen molar-refractivity contribution in [2.24, 2.45) is 0 Å². The second kappa shape index (κ2) is 6.00. The van der Waals surface area contributed by atoms with Crippen LogP contribution < -0.4 is 4.74 Å². The van der Waals surface area contributed by atoms with Gasteiger partial charge in [0.2, 0.25) is 0 Å². The number of ether oxygens (including phenoxy) is 1. The quantitative estimate of drug-likeness (QED) is 0.916. The lowest BCUT2D eigenvalue weighted by Crippen LogP contribution is -2.11. The molecule has 1 heterocycles. The van der Waals surface area contributed by atoms with Crippen LogP contribution in [0.4, 0.5) is 8.78 Å². The first kappa shape index (κ1) is 14.5. The minimum absolute atomic E-state index is 0.0801. The molecular weight excluding hydrogens is 266 g/mol.